The molecule has 1 fully saturated rings. The Balaban J connectivity index is 0.000000845. The molecule has 1 aliphatic heterocycles. The maximum Gasteiger partial charge on any atom is 0.0320 e. The highest BCUT2D eigenvalue weighted by molar-refractivity contribution is 5.85. The summed E-state index contributed by atoms with van der Waals surface area (Å²) >= 11 is 0. The minimum Gasteiger partial charge on any atom is -0.399 e. The molecule has 1 saturated heterocycles. The van der Waals surface area contributed by atoms with Crippen molar-refractivity contribution in [3.05, 3.63) is 29.8 Å². The summed E-state index contributed by atoms with van der Waals surface area (Å²) in [6.45, 7) is 1.15. The Kier molecular flexibility index (Phi) is 5.93. The molecule has 0 bridgehead atoms. The van der Waals surface area contributed by atoms with Crippen LogP contribution in [0.3, 0.4) is 0 Å². The van der Waals surface area contributed by atoms with Gasteiger partial charge in [0.2, 0.25) is 0 Å². The molecule has 2 nitrogen and oxygen atoms in total. The molecule has 0 aliphatic carbocycles. The number of nitrogens with two attached hydrogens (primary N) is 1. The molecular formula is C10H16Cl2N2. The molecule has 1 aliphatic rings. The molecule has 3 N–H and O–H groups in total. The minimum absolute atomic E-state index is 0. The van der Waals surface area contributed by atoms with Crippen LogP contribution in [0.15, 0.2) is 24.3 Å². The lowest BCUT2D eigenvalue weighted by atomic mass is 10.1. The smallest absolute Gasteiger partial charge is 0.0320 e. The number of hydrogen-bond acceptors (Lipinski definition) is 2. The van der Waals surface area contributed by atoms with E-state index in [0.29, 0.717) is 6.04 Å². The second-order valence-electron chi connectivity index (χ2n) is 3.32. The predicted molar refractivity (Wildman–Crippen MR) is 65.3 cm³/mol. The molecule has 0 saturated carbocycles. The molecule has 0 amide bonds. The molecule has 80 valence electrons. The number of benzene rings is 1. The van der Waals surface area contributed by atoms with E-state index in [9.17, 15) is 0 Å². The highest BCUT2D eigenvalue weighted by Crippen LogP contribution is 2.23. The zero-order valence-electron chi connectivity index (χ0n) is 7.90. The van der Waals surface area contributed by atoms with Crippen molar-refractivity contribution in [1.29, 1.82) is 0 Å². The van der Waals surface area contributed by atoms with Gasteiger partial charge in [-0.15, -0.1) is 24.8 Å². The Hall–Kier alpha value is -0.440. The predicted octanol–water partition coefficient (Wildman–Crippen LogP) is 2.54. The van der Waals surface area contributed by atoms with Gasteiger partial charge in [-0.25, -0.2) is 0 Å². The van der Waals surface area contributed by atoms with Crippen LogP contribution in [0.1, 0.15) is 24.4 Å². The van der Waals surface area contributed by atoms with Crippen molar-refractivity contribution in [3.63, 3.8) is 0 Å². The van der Waals surface area contributed by atoms with Crippen molar-refractivity contribution < 1.29 is 0 Å². The van der Waals surface area contributed by atoms with Crippen LogP contribution in [0.2, 0.25) is 0 Å². The third-order valence-electron chi connectivity index (χ3n) is 2.40. The number of nitrogens with one attached hydrogen (secondary N) is 1. The first kappa shape index (κ1) is 13.6. The summed E-state index contributed by atoms with van der Waals surface area (Å²) in [5.41, 5.74) is 7.81. The summed E-state index contributed by atoms with van der Waals surface area (Å²) in [7, 11) is 0. The van der Waals surface area contributed by atoms with Gasteiger partial charge in [0.15, 0.2) is 0 Å². The van der Waals surface area contributed by atoms with E-state index in [1.807, 2.05) is 12.1 Å². The Morgan fingerprint density at radius 2 is 1.79 bits per heavy atom. The number of halogens is 2. The van der Waals surface area contributed by atoms with Gasteiger partial charge in [-0.05, 0) is 37.1 Å². The number of nitrogen functional groups attached to an aromatic ring is 1. The molecule has 2 rings (SSSR count). The van der Waals surface area contributed by atoms with Gasteiger partial charge in [0.1, 0.15) is 0 Å². The van der Waals surface area contributed by atoms with Gasteiger partial charge >= 0.3 is 0 Å². The Labute approximate surface area is 97.1 Å². The summed E-state index contributed by atoms with van der Waals surface area (Å²) in [4.78, 5) is 0. The molecule has 1 unspecified atom stereocenters. The lowest BCUT2D eigenvalue weighted by Crippen LogP contribution is -2.12. The monoisotopic (exact) mass is 234 g/mol. The van der Waals surface area contributed by atoms with Crippen LogP contribution in [0, 0.1) is 0 Å². The number of rotatable bonds is 1. The zero-order valence-corrected chi connectivity index (χ0v) is 9.53. The van der Waals surface area contributed by atoms with E-state index in [-0.39, 0.29) is 24.8 Å². The fourth-order valence-electron chi connectivity index (χ4n) is 1.70. The van der Waals surface area contributed by atoms with Crippen molar-refractivity contribution in [2.45, 2.75) is 18.9 Å². The first-order valence-corrected chi connectivity index (χ1v) is 4.45. The normalized spacial score (nSPS) is 19.6. The molecule has 4 heteroatoms. The number of hydrogen-bond donors (Lipinski definition) is 2. The number of anilines is 1. The molecule has 1 heterocycles. The van der Waals surface area contributed by atoms with Crippen LogP contribution in [-0.2, 0) is 0 Å². The van der Waals surface area contributed by atoms with Gasteiger partial charge < -0.3 is 11.1 Å². The lowest BCUT2D eigenvalue weighted by Gasteiger charge is -2.09. The minimum atomic E-state index is 0. The highest BCUT2D eigenvalue weighted by Gasteiger charge is 2.14. The van der Waals surface area contributed by atoms with Crippen molar-refractivity contribution in [3.8, 4) is 0 Å². The van der Waals surface area contributed by atoms with Crippen LogP contribution in [0.25, 0.3) is 0 Å². The Morgan fingerprint density at radius 1 is 1.14 bits per heavy atom. The van der Waals surface area contributed by atoms with E-state index in [1.165, 1.54) is 18.4 Å². The Bertz CT molecular complexity index is 255. The van der Waals surface area contributed by atoms with E-state index < -0.39 is 0 Å². The van der Waals surface area contributed by atoms with E-state index in [4.69, 9.17) is 5.73 Å². The second-order valence-corrected chi connectivity index (χ2v) is 3.32. The van der Waals surface area contributed by atoms with Gasteiger partial charge in [-0.3, -0.25) is 0 Å². The maximum absolute atomic E-state index is 5.60. The molecule has 0 aromatic heterocycles. The molecule has 0 spiro atoms. The van der Waals surface area contributed by atoms with Gasteiger partial charge in [0, 0.05) is 11.7 Å². The molecular weight excluding hydrogens is 219 g/mol. The Morgan fingerprint density at radius 3 is 2.29 bits per heavy atom. The quantitative estimate of drug-likeness (QED) is 0.734. The highest BCUT2D eigenvalue weighted by atomic mass is 35.5. The zero-order chi connectivity index (χ0) is 8.39. The average Bonchev–Trinajstić information content (AvgIpc) is 2.58. The van der Waals surface area contributed by atoms with Crippen LogP contribution < -0.4 is 11.1 Å². The summed E-state index contributed by atoms with van der Waals surface area (Å²) < 4.78 is 0. The average molecular weight is 235 g/mol. The maximum atomic E-state index is 5.60. The molecule has 1 atom stereocenters. The molecule has 14 heavy (non-hydrogen) atoms. The van der Waals surface area contributed by atoms with Crippen LogP contribution >= 0.6 is 24.8 Å². The van der Waals surface area contributed by atoms with Gasteiger partial charge in [-0.1, -0.05) is 12.1 Å². The van der Waals surface area contributed by atoms with Gasteiger partial charge in [0.25, 0.3) is 0 Å². The standard InChI is InChI=1S/C10H14N2.2ClH/c11-9-5-3-8(4-6-9)10-2-1-7-12-10;;/h3-6,10,12H,1-2,7,11H2;2*1H. The summed E-state index contributed by atoms with van der Waals surface area (Å²) in [6.07, 6.45) is 2.54. The SMILES string of the molecule is Cl.Cl.Nc1ccc(C2CCCN2)cc1. The van der Waals surface area contributed by atoms with Crippen LogP contribution in [0.4, 0.5) is 5.69 Å². The lowest BCUT2D eigenvalue weighted by molar-refractivity contribution is 0.648. The molecule has 0 radical (unpaired) electrons. The van der Waals surface area contributed by atoms with Crippen molar-refractivity contribution in [2.24, 2.45) is 0 Å². The molecule has 1 aromatic rings. The van der Waals surface area contributed by atoms with E-state index >= 15 is 0 Å². The summed E-state index contributed by atoms with van der Waals surface area (Å²) in [6, 6.07) is 8.71. The van der Waals surface area contributed by atoms with Gasteiger partial charge in [-0.2, -0.15) is 0 Å². The van der Waals surface area contributed by atoms with Crippen molar-refractivity contribution >= 4 is 30.5 Å². The second kappa shape index (κ2) is 6.12. The van der Waals surface area contributed by atoms with E-state index in [2.05, 4.69) is 17.4 Å². The van der Waals surface area contributed by atoms with Crippen LogP contribution in [0.5, 0.6) is 0 Å². The fourth-order valence-corrected chi connectivity index (χ4v) is 1.70. The largest absolute Gasteiger partial charge is 0.399 e. The van der Waals surface area contributed by atoms with E-state index in [1.54, 1.807) is 0 Å². The van der Waals surface area contributed by atoms with E-state index in [0.717, 1.165) is 12.2 Å². The first-order chi connectivity index (χ1) is 5.86. The van der Waals surface area contributed by atoms with Crippen molar-refractivity contribution in [1.82, 2.24) is 5.32 Å². The van der Waals surface area contributed by atoms with Crippen molar-refractivity contribution in [2.75, 3.05) is 12.3 Å². The molecule has 1 aromatic carbocycles. The fraction of sp³-hybridized carbons (Fsp3) is 0.400. The summed E-state index contributed by atoms with van der Waals surface area (Å²) in [5, 5.41) is 3.45. The van der Waals surface area contributed by atoms with Crippen LogP contribution in [-0.4, -0.2) is 6.54 Å². The topological polar surface area (TPSA) is 38.0 Å². The summed E-state index contributed by atoms with van der Waals surface area (Å²) in [5.74, 6) is 0. The van der Waals surface area contributed by atoms with Gasteiger partial charge in [0.05, 0.1) is 0 Å². The first-order valence-electron chi connectivity index (χ1n) is 4.45. The third-order valence-corrected chi connectivity index (χ3v) is 2.40. The third kappa shape index (κ3) is 3.05.